The molecular formula is C21H17NO3S. The van der Waals surface area contributed by atoms with E-state index in [0.29, 0.717) is 34.1 Å². The molecule has 1 atom stereocenters. The molecule has 1 heterocycles. The van der Waals surface area contributed by atoms with E-state index < -0.39 is 11.0 Å². The van der Waals surface area contributed by atoms with Crippen molar-refractivity contribution in [2.75, 3.05) is 11.4 Å². The standard InChI is InChI=1S/C21H17NO3S/c1-22-19-10-6-5-9-17(19)21(23)18-12-11-16(13-20(18)26(22)24)25-14-15-7-3-2-4-8-15/h2-13H,14H2,1H3. The predicted octanol–water partition coefficient (Wildman–Crippen LogP) is 3.97. The van der Waals surface area contributed by atoms with E-state index in [1.54, 1.807) is 35.6 Å². The van der Waals surface area contributed by atoms with E-state index in [9.17, 15) is 9.00 Å². The van der Waals surface area contributed by atoms with Gasteiger partial charge in [0.1, 0.15) is 12.4 Å². The lowest BCUT2D eigenvalue weighted by atomic mass is 10.0. The Kier molecular flexibility index (Phi) is 4.31. The smallest absolute Gasteiger partial charge is 0.196 e. The summed E-state index contributed by atoms with van der Waals surface area (Å²) in [5.74, 6) is 0.469. The maximum atomic E-state index is 13.0. The number of ketones is 1. The van der Waals surface area contributed by atoms with Gasteiger partial charge < -0.3 is 4.74 Å². The van der Waals surface area contributed by atoms with E-state index in [4.69, 9.17) is 4.74 Å². The van der Waals surface area contributed by atoms with Crippen LogP contribution in [0.25, 0.3) is 0 Å². The topological polar surface area (TPSA) is 46.6 Å². The summed E-state index contributed by atoms with van der Waals surface area (Å²) in [6, 6.07) is 22.2. The minimum absolute atomic E-state index is 0.122. The zero-order chi connectivity index (χ0) is 18.1. The second kappa shape index (κ2) is 6.77. The fraction of sp³-hybridized carbons (Fsp3) is 0.0952. The molecule has 0 fully saturated rings. The first-order valence-electron chi connectivity index (χ1n) is 8.25. The van der Waals surface area contributed by atoms with E-state index in [2.05, 4.69) is 0 Å². The van der Waals surface area contributed by atoms with Crippen LogP contribution in [0.4, 0.5) is 5.69 Å². The van der Waals surface area contributed by atoms with Crippen molar-refractivity contribution in [2.45, 2.75) is 11.5 Å². The van der Waals surface area contributed by atoms with Crippen LogP contribution in [0.15, 0.2) is 77.7 Å². The van der Waals surface area contributed by atoms with Crippen molar-refractivity contribution in [3.05, 3.63) is 89.5 Å². The van der Waals surface area contributed by atoms with Crippen molar-refractivity contribution in [2.24, 2.45) is 0 Å². The van der Waals surface area contributed by atoms with Gasteiger partial charge in [0.15, 0.2) is 16.8 Å². The molecule has 1 aliphatic heterocycles. The third-order valence-electron chi connectivity index (χ3n) is 4.37. The van der Waals surface area contributed by atoms with Crippen LogP contribution in [-0.2, 0) is 17.6 Å². The van der Waals surface area contributed by atoms with Gasteiger partial charge in [0.25, 0.3) is 0 Å². The van der Waals surface area contributed by atoms with Crippen LogP contribution >= 0.6 is 0 Å². The number of ether oxygens (including phenoxy) is 1. The Bertz CT molecular complexity index is 1000. The first-order valence-corrected chi connectivity index (χ1v) is 9.36. The molecule has 1 unspecified atom stereocenters. The van der Waals surface area contributed by atoms with Gasteiger partial charge in [-0.2, -0.15) is 0 Å². The largest absolute Gasteiger partial charge is 0.489 e. The number of carbonyl (C=O) groups excluding carboxylic acids is 1. The molecule has 0 amide bonds. The molecule has 0 radical (unpaired) electrons. The zero-order valence-electron chi connectivity index (χ0n) is 14.2. The van der Waals surface area contributed by atoms with E-state index in [1.807, 2.05) is 48.5 Å². The van der Waals surface area contributed by atoms with E-state index in [0.717, 1.165) is 5.56 Å². The van der Waals surface area contributed by atoms with Gasteiger partial charge in [-0.3, -0.25) is 9.10 Å². The summed E-state index contributed by atoms with van der Waals surface area (Å²) in [7, 11) is 0.246. The number of carbonyl (C=O) groups is 1. The molecule has 130 valence electrons. The first-order chi connectivity index (χ1) is 12.6. The monoisotopic (exact) mass is 363 g/mol. The third-order valence-corrected chi connectivity index (χ3v) is 5.78. The lowest BCUT2D eigenvalue weighted by Crippen LogP contribution is -2.20. The highest BCUT2D eigenvalue weighted by Crippen LogP contribution is 2.33. The van der Waals surface area contributed by atoms with Gasteiger partial charge in [0.05, 0.1) is 10.6 Å². The molecule has 5 heteroatoms. The molecule has 0 saturated heterocycles. The summed E-state index contributed by atoms with van der Waals surface area (Å²) < 4.78 is 20.5. The van der Waals surface area contributed by atoms with Crippen LogP contribution in [0.5, 0.6) is 5.75 Å². The van der Waals surface area contributed by atoms with Crippen molar-refractivity contribution in [3.8, 4) is 5.75 Å². The van der Waals surface area contributed by atoms with E-state index in [1.165, 1.54) is 0 Å². The number of hydrogen-bond donors (Lipinski definition) is 0. The van der Waals surface area contributed by atoms with Crippen LogP contribution in [-0.4, -0.2) is 17.0 Å². The Morgan fingerprint density at radius 2 is 1.65 bits per heavy atom. The summed E-state index contributed by atoms with van der Waals surface area (Å²) in [6.07, 6.45) is 0. The van der Waals surface area contributed by atoms with Crippen LogP contribution in [0, 0.1) is 0 Å². The molecule has 0 spiro atoms. The Hall–Kier alpha value is -2.92. The van der Waals surface area contributed by atoms with Crippen molar-refractivity contribution < 1.29 is 13.7 Å². The van der Waals surface area contributed by atoms with Crippen molar-refractivity contribution in [1.29, 1.82) is 0 Å². The molecule has 0 saturated carbocycles. The lowest BCUT2D eigenvalue weighted by Gasteiger charge is -2.17. The molecule has 4 rings (SSSR count). The number of fused-ring (bicyclic) bond motifs is 2. The summed E-state index contributed by atoms with van der Waals surface area (Å²) >= 11 is 0. The number of benzene rings is 3. The lowest BCUT2D eigenvalue weighted by molar-refractivity contribution is 0.103. The fourth-order valence-corrected chi connectivity index (χ4v) is 4.19. The minimum atomic E-state index is -1.49. The van der Waals surface area contributed by atoms with E-state index in [-0.39, 0.29) is 5.78 Å². The Balaban J connectivity index is 1.70. The fourth-order valence-electron chi connectivity index (χ4n) is 2.99. The van der Waals surface area contributed by atoms with Crippen LogP contribution < -0.4 is 9.04 Å². The maximum Gasteiger partial charge on any atom is 0.196 e. The first kappa shape index (κ1) is 16.5. The van der Waals surface area contributed by atoms with Gasteiger partial charge in [-0.1, -0.05) is 42.5 Å². The van der Waals surface area contributed by atoms with Gasteiger partial charge in [-0.15, -0.1) is 0 Å². The molecular weight excluding hydrogens is 346 g/mol. The second-order valence-electron chi connectivity index (χ2n) is 6.03. The summed E-state index contributed by atoms with van der Waals surface area (Å²) in [6.45, 7) is 0.413. The predicted molar refractivity (Wildman–Crippen MR) is 102 cm³/mol. The highest BCUT2D eigenvalue weighted by Gasteiger charge is 2.28. The Morgan fingerprint density at radius 3 is 2.46 bits per heavy atom. The molecule has 0 N–H and O–H groups in total. The maximum absolute atomic E-state index is 13.0. The minimum Gasteiger partial charge on any atom is -0.489 e. The van der Waals surface area contributed by atoms with Gasteiger partial charge in [0.2, 0.25) is 0 Å². The molecule has 1 aliphatic rings. The normalized spacial score (nSPS) is 15.8. The molecule has 3 aromatic carbocycles. The molecule has 0 aliphatic carbocycles. The van der Waals surface area contributed by atoms with Crippen molar-refractivity contribution in [3.63, 3.8) is 0 Å². The van der Waals surface area contributed by atoms with Crippen molar-refractivity contribution in [1.82, 2.24) is 0 Å². The summed E-state index contributed by atoms with van der Waals surface area (Å²) in [4.78, 5) is 13.4. The van der Waals surface area contributed by atoms with Gasteiger partial charge in [-0.05, 0) is 35.9 Å². The number of rotatable bonds is 3. The second-order valence-corrected chi connectivity index (χ2v) is 7.51. The molecule has 26 heavy (non-hydrogen) atoms. The van der Waals surface area contributed by atoms with Crippen molar-refractivity contribution >= 4 is 22.5 Å². The SMILES string of the molecule is CN1c2ccccc2C(=O)c2ccc(OCc3ccccc3)cc2S1=O. The van der Waals surface area contributed by atoms with E-state index >= 15 is 0 Å². The van der Waals surface area contributed by atoms with Crippen LogP contribution in [0.1, 0.15) is 21.5 Å². The summed E-state index contributed by atoms with van der Waals surface area (Å²) in [5, 5.41) is 0. The number of nitrogens with zero attached hydrogens (tertiary/aromatic N) is 1. The van der Waals surface area contributed by atoms with Gasteiger partial charge in [0, 0.05) is 18.2 Å². The van der Waals surface area contributed by atoms with Gasteiger partial charge >= 0.3 is 0 Å². The average Bonchev–Trinajstić information content (AvgIpc) is 2.77. The Morgan fingerprint density at radius 1 is 0.923 bits per heavy atom. The highest BCUT2D eigenvalue weighted by molar-refractivity contribution is 7.86. The Labute approximate surface area is 154 Å². The zero-order valence-corrected chi connectivity index (χ0v) is 15.0. The average molecular weight is 363 g/mol. The number of para-hydroxylation sites is 1. The number of hydrogen-bond acceptors (Lipinski definition) is 3. The molecule has 3 aromatic rings. The van der Waals surface area contributed by atoms with Crippen LogP contribution in [0.3, 0.4) is 0 Å². The van der Waals surface area contributed by atoms with Crippen LogP contribution in [0.2, 0.25) is 0 Å². The quantitative estimate of drug-likeness (QED) is 0.707. The molecule has 0 aromatic heterocycles. The third kappa shape index (κ3) is 2.91. The highest BCUT2D eigenvalue weighted by atomic mass is 32.2. The molecule has 0 bridgehead atoms. The molecule has 4 nitrogen and oxygen atoms in total. The van der Waals surface area contributed by atoms with Gasteiger partial charge in [-0.25, -0.2) is 4.21 Å². The number of anilines is 1. The summed E-state index contributed by atoms with van der Waals surface area (Å²) in [5.41, 5.74) is 2.72.